The monoisotopic (exact) mass is 355 g/mol. The van der Waals surface area contributed by atoms with E-state index in [0.717, 1.165) is 6.54 Å². The average molecular weight is 356 g/mol. The van der Waals surface area contributed by atoms with Crippen molar-refractivity contribution in [3.05, 3.63) is 35.9 Å². The van der Waals surface area contributed by atoms with E-state index in [-0.39, 0.29) is 0 Å². The molecule has 0 spiro atoms. The summed E-state index contributed by atoms with van der Waals surface area (Å²) >= 11 is 0. The summed E-state index contributed by atoms with van der Waals surface area (Å²) in [5, 5.41) is 12.3. The van der Waals surface area contributed by atoms with Crippen molar-refractivity contribution >= 4 is 0 Å². The normalized spacial score (nSPS) is 27.8. The highest BCUT2D eigenvalue weighted by Gasteiger charge is 2.54. The lowest BCUT2D eigenvalue weighted by molar-refractivity contribution is -0.182. The molecule has 3 fully saturated rings. The van der Waals surface area contributed by atoms with Crippen LogP contribution in [0.4, 0.5) is 0 Å². The number of nitrogens with zero attached hydrogens (tertiary/aromatic N) is 1. The van der Waals surface area contributed by atoms with Crippen molar-refractivity contribution in [2.75, 3.05) is 6.54 Å². The molecule has 1 N–H and O–H groups in total. The van der Waals surface area contributed by atoms with Gasteiger partial charge >= 0.3 is 0 Å². The molecule has 2 atom stereocenters. The third kappa shape index (κ3) is 3.36. The van der Waals surface area contributed by atoms with Gasteiger partial charge in [0.1, 0.15) is 0 Å². The van der Waals surface area contributed by atoms with Crippen LogP contribution in [0.15, 0.2) is 30.3 Å². The summed E-state index contributed by atoms with van der Waals surface area (Å²) in [6.07, 6.45) is 14.2. The Bertz CT molecular complexity index is 541. The highest BCUT2D eigenvalue weighted by Crippen LogP contribution is 2.50. The lowest BCUT2D eigenvalue weighted by Gasteiger charge is -2.59. The van der Waals surface area contributed by atoms with Crippen LogP contribution in [0, 0.1) is 11.8 Å². The van der Waals surface area contributed by atoms with Gasteiger partial charge in [-0.05, 0) is 56.4 Å². The highest BCUT2D eigenvalue weighted by molar-refractivity contribution is 5.20. The number of hydrogen-bond donors (Lipinski definition) is 1. The molecule has 1 saturated heterocycles. The Morgan fingerprint density at radius 2 is 1.38 bits per heavy atom. The van der Waals surface area contributed by atoms with Crippen molar-refractivity contribution in [3.63, 3.8) is 0 Å². The molecule has 2 saturated carbocycles. The summed E-state index contributed by atoms with van der Waals surface area (Å²) in [4.78, 5) is 2.62. The molecular weight excluding hydrogens is 318 g/mol. The van der Waals surface area contributed by atoms with Crippen molar-refractivity contribution in [1.29, 1.82) is 0 Å². The average Bonchev–Trinajstić information content (AvgIpc) is 2.69. The van der Waals surface area contributed by atoms with E-state index in [0.29, 0.717) is 23.9 Å². The first-order chi connectivity index (χ1) is 12.7. The van der Waals surface area contributed by atoms with Crippen molar-refractivity contribution < 1.29 is 5.11 Å². The second-order valence-corrected chi connectivity index (χ2v) is 9.19. The molecule has 1 heterocycles. The Balaban J connectivity index is 1.58. The maximum absolute atomic E-state index is 12.3. The van der Waals surface area contributed by atoms with Crippen LogP contribution in [0.2, 0.25) is 0 Å². The first kappa shape index (κ1) is 18.5. The summed E-state index contributed by atoms with van der Waals surface area (Å²) in [6.45, 7) is 3.48. The fraction of sp³-hybridized carbons (Fsp3) is 0.750. The number of hydrogen-bond acceptors (Lipinski definition) is 2. The molecule has 2 aliphatic carbocycles. The number of rotatable bonds is 5. The Morgan fingerprint density at radius 3 is 1.85 bits per heavy atom. The van der Waals surface area contributed by atoms with Crippen molar-refractivity contribution in [2.45, 2.75) is 95.2 Å². The Morgan fingerprint density at radius 1 is 0.846 bits per heavy atom. The molecule has 0 aromatic heterocycles. The number of likely N-dealkylation sites (tertiary alicyclic amines) is 1. The molecule has 1 aliphatic heterocycles. The predicted molar refractivity (Wildman–Crippen MR) is 108 cm³/mol. The third-order valence-electron chi connectivity index (χ3n) is 7.89. The fourth-order valence-electron chi connectivity index (χ4n) is 6.30. The maximum Gasteiger partial charge on any atom is 0.0858 e. The van der Waals surface area contributed by atoms with Gasteiger partial charge in [-0.1, -0.05) is 68.9 Å². The Kier molecular flexibility index (Phi) is 5.71. The van der Waals surface area contributed by atoms with Crippen LogP contribution in [-0.2, 0) is 0 Å². The van der Waals surface area contributed by atoms with E-state index in [1.807, 2.05) is 0 Å². The lowest BCUT2D eigenvalue weighted by atomic mass is 9.60. The van der Waals surface area contributed by atoms with Gasteiger partial charge in [-0.3, -0.25) is 4.90 Å². The van der Waals surface area contributed by atoms with E-state index < -0.39 is 5.60 Å². The highest BCUT2D eigenvalue weighted by atomic mass is 16.3. The predicted octanol–water partition coefficient (Wildman–Crippen LogP) is 5.71. The second-order valence-electron chi connectivity index (χ2n) is 9.19. The molecule has 144 valence electrons. The van der Waals surface area contributed by atoms with E-state index >= 15 is 0 Å². The number of aliphatic hydroxyl groups is 1. The van der Waals surface area contributed by atoms with Gasteiger partial charge in [0, 0.05) is 18.6 Å². The van der Waals surface area contributed by atoms with Gasteiger partial charge in [-0.25, -0.2) is 0 Å². The molecule has 1 aromatic carbocycles. The molecule has 0 radical (unpaired) electrons. The number of benzene rings is 1. The van der Waals surface area contributed by atoms with Crippen LogP contribution in [-0.4, -0.2) is 28.2 Å². The molecule has 2 unspecified atom stereocenters. The van der Waals surface area contributed by atoms with Crippen LogP contribution in [0.25, 0.3) is 0 Å². The zero-order valence-electron chi connectivity index (χ0n) is 16.6. The third-order valence-corrected chi connectivity index (χ3v) is 7.89. The smallest absolute Gasteiger partial charge is 0.0858 e. The van der Waals surface area contributed by atoms with E-state index in [2.05, 4.69) is 42.2 Å². The van der Waals surface area contributed by atoms with Crippen molar-refractivity contribution in [3.8, 4) is 0 Å². The van der Waals surface area contributed by atoms with E-state index in [1.54, 1.807) is 0 Å². The van der Waals surface area contributed by atoms with Crippen LogP contribution in [0.1, 0.15) is 89.2 Å². The van der Waals surface area contributed by atoms with Crippen LogP contribution >= 0.6 is 0 Å². The zero-order chi connectivity index (χ0) is 18.0. The minimum Gasteiger partial charge on any atom is -0.388 e. The van der Waals surface area contributed by atoms with Gasteiger partial charge in [0.15, 0.2) is 0 Å². The van der Waals surface area contributed by atoms with Crippen molar-refractivity contribution in [2.24, 2.45) is 11.8 Å². The Hall–Kier alpha value is -0.860. The van der Waals surface area contributed by atoms with Gasteiger partial charge < -0.3 is 5.11 Å². The molecule has 1 aromatic rings. The molecule has 26 heavy (non-hydrogen) atoms. The van der Waals surface area contributed by atoms with Crippen LogP contribution in [0.5, 0.6) is 0 Å². The van der Waals surface area contributed by atoms with E-state index in [9.17, 15) is 5.11 Å². The van der Waals surface area contributed by atoms with Crippen molar-refractivity contribution in [1.82, 2.24) is 4.90 Å². The van der Waals surface area contributed by atoms with Crippen LogP contribution in [0.3, 0.4) is 0 Å². The maximum atomic E-state index is 12.3. The minimum absolute atomic E-state index is 0.365. The first-order valence-corrected chi connectivity index (χ1v) is 11.2. The fourth-order valence-corrected chi connectivity index (χ4v) is 6.30. The zero-order valence-corrected chi connectivity index (χ0v) is 16.6. The standard InChI is InChI=1S/C24H37NO/c1-19(20-11-5-2-6-12-20)25-18-17-23(25)24(26,21-13-7-3-8-14-21)22-15-9-4-10-16-22/h2,5-6,11-12,19,21-23,26H,3-4,7-10,13-18H2,1H3. The summed E-state index contributed by atoms with van der Waals surface area (Å²) < 4.78 is 0. The van der Waals surface area contributed by atoms with E-state index in [4.69, 9.17) is 0 Å². The summed E-state index contributed by atoms with van der Waals surface area (Å²) in [5.41, 5.74) is 0.939. The molecule has 0 bridgehead atoms. The van der Waals surface area contributed by atoms with Crippen LogP contribution < -0.4 is 0 Å². The lowest BCUT2D eigenvalue weighted by Crippen LogP contribution is -2.67. The molecule has 0 amide bonds. The molecule has 2 nitrogen and oxygen atoms in total. The van der Waals surface area contributed by atoms with Gasteiger partial charge in [-0.2, -0.15) is 0 Å². The summed E-state index contributed by atoms with van der Waals surface area (Å²) in [6, 6.07) is 11.7. The Labute approximate surface area is 160 Å². The van der Waals surface area contributed by atoms with Gasteiger partial charge in [0.05, 0.1) is 5.60 Å². The summed E-state index contributed by atoms with van der Waals surface area (Å²) in [5.74, 6) is 1.05. The van der Waals surface area contributed by atoms with E-state index in [1.165, 1.54) is 76.2 Å². The topological polar surface area (TPSA) is 23.5 Å². The first-order valence-electron chi connectivity index (χ1n) is 11.2. The van der Waals surface area contributed by atoms with Gasteiger partial charge in [0.2, 0.25) is 0 Å². The largest absolute Gasteiger partial charge is 0.388 e. The summed E-state index contributed by atoms with van der Waals surface area (Å²) in [7, 11) is 0. The quantitative estimate of drug-likeness (QED) is 0.731. The molecular formula is C24H37NO. The SMILES string of the molecule is CC(c1ccccc1)N1CCC1C(O)(C1CCCCC1)C1CCCCC1. The van der Waals surface area contributed by atoms with Gasteiger partial charge in [0.25, 0.3) is 0 Å². The molecule has 3 aliphatic rings. The minimum atomic E-state index is -0.456. The molecule has 4 rings (SSSR count). The van der Waals surface area contributed by atoms with Gasteiger partial charge in [-0.15, -0.1) is 0 Å². The second kappa shape index (κ2) is 8.02. The molecule has 2 heteroatoms.